The van der Waals surface area contributed by atoms with Crippen LogP contribution in [0.1, 0.15) is 24.4 Å². The van der Waals surface area contributed by atoms with Crippen LogP contribution >= 0.6 is 0 Å². The molecule has 1 unspecified atom stereocenters. The number of hydrogen-bond donors (Lipinski definition) is 3. The molecule has 10 nitrogen and oxygen atoms in total. The minimum Gasteiger partial charge on any atom is -0.495 e. The average molecular weight is 449 g/mol. The van der Waals surface area contributed by atoms with Crippen molar-refractivity contribution in [1.82, 2.24) is 14.8 Å². The van der Waals surface area contributed by atoms with E-state index in [1.165, 1.54) is 0 Å². The number of nitrogens with one attached hydrogen (secondary N) is 2. The van der Waals surface area contributed by atoms with Gasteiger partial charge >= 0.3 is 0 Å². The number of amides is 1. The van der Waals surface area contributed by atoms with Crippen molar-refractivity contribution in [1.29, 1.82) is 0 Å². The Hall–Kier alpha value is -4.05. The molecule has 33 heavy (non-hydrogen) atoms. The third-order valence-corrected chi connectivity index (χ3v) is 5.52. The summed E-state index contributed by atoms with van der Waals surface area (Å²) < 4.78 is 18.4. The Labute approximate surface area is 189 Å². The Morgan fingerprint density at radius 1 is 1.24 bits per heavy atom. The van der Waals surface area contributed by atoms with Crippen LogP contribution in [0.3, 0.4) is 0 Å². The van der Waals surface area contributed by atoms with Crippen LogP contribution in [-0.4, -0.2) is 46.1 Å². The van der Waals surface area contributed by atoms with Crippen molar-refractivity contribution in [3.05, 3.63) is 65.1 Å². The number of nitrogens with zero attached hydrogens (tertiary/aromatic N) is 3. The van der Waals surface area contributed by atoms with E-state index in [0.29, 0.717) is 53.4 Å². The molecular weight excluding hydrogens is 426 g/mol. The summed E-state index contributed by atoms with van der Waals surface area (Å²) in [6.45, 7) is 2.41. The first-order valence-corrected chi connectivity index (χ1v) is 10.5. The van der Waals surface area contributed by atoms with E-state index in [1.54, 1.807) is 30.8 Å². The van der Waals surface area contributed by atoms with E-state index in [-0.39, 0.29) is 18.3 Å². The van der Waals surface area contributed by atoms with Gasteiger partial charge < -0.3 is 30.0 Å². The number of para-hydroxylation sites is 2. The minimum absolute atomic E-state index is 0.249. The van der Waals surface area contributed by atoms with E-state index < -0.39 is 6.04 Å². The maximum absolute atomic E-state index is 13.6. The van der Waals surface area contributed by atoms with Crippen molar-refractivity contribution in [2.45, 2.75) is 19.6 Å². The number of aromatic nitrogens is 3. The molecule has 2 aliphatic heterocycles. The van der Waals surface area contributed by atoms with Crippen molar-refractivity contribution >= 4 is 17.5 Å². The summed E-state index contributed by atoms with van der Waals surface area (Å²) in [6.07, 6.45) is 0. The van der Waals surface area contributed by atoms with Crippen LogP contribution in [0.4, 0.5) is 11.6 Å². The lowest BCUT2D eigenvalue weighted by Crippen LogP contribution is -2.31. The number of hydrogen-bond acceptors (Lipinski definition) is 8. The zero-order valence-corrected chi connectivity index (χ0v) is 18.2. The molecule has 0 fully saturated rings. The second kappa shape index (κ2) is 8.47. The third-order valence-electron chi connectivity index (χ3n) is 5.52. The Balaban J connectivity index is 1.59. The number of benzene rings is 2. The van der Waals surface area contributed by atoms with Gasteiger partial charge in [0.2, 0.25) is 5.95 Å². The Bertz CT molecular complexity index is 1250. The molecule has 0 bridgehead atoms. The van der Waals surface area contributed by atoms with Crippen molar-refractivity contribution in [2.24, 2.45) is 0 Å². The van der Waals surface area contributed by atoms with Gasteiger partial charge in [-0.05, 0) is 36.8 Å². The van der Waals surface area contributed by atoms with Gasteiger partial charge in [-0.1, -0.05) is 18.2 Å². The normalized spacial score (nSPS) is 16.6. The fraction of sp³-hybridized carbons (Fsp3) is 0.261. The molecule has 170 valence electrons. The summed E-state index contributed by atoms with van der Waals surface area (Å²) in [4.78, 5) is 17.9. The summed E-state index contributed by atoms with van der Waals surface area (Å²) in [5, 5.41) is 20.1. The van der Waals surface area contributed by atoms with Crippen LogP contribution in [0.2, 0.25) is 0 Å². The van der Waals surface area contributed by atoms with Crippen molar-refractivity contribution < 1.29 is 24.1 Å². The van der Waals surface area contributed by atoms with Gasteiger partial charge in [-0.2, -0.15) is 10.1 Å². The van der Waals surface area contributed by atoms with E-state index in [0.717, 1.165) is 5.56 Å². The second-order valence-corrected chi connectivity index (χ2v) is 7.58. The van der Waals surface area contributed by atoms with E-state index in [1.807, 2.05) is 30.3 Å². The molecule has 0 saturated carbocycles. The first-order chi connectivity index (χ1) is 16.1. The number of carbonyl (C=O) groups is 1. The van der Waals surface area contributed by atoms with E-state index in [2.05, 4.69) is 20.7 Å². The molecule has 0 aliphatic carbocycles. The monoisotopic (exact) mass is 449 g/mol. The molecule has 10 heteroatoms. The lowest BCUT2D eigenvalue weighted by Gasteiger charge is -2.29. The van der Waals surface area contributed by atoms with Crippen LogP contribution < -0.4 is 24.8 Å². The number of aliphatic hydroxyl groups excluding tert-OH is 1. The Morgan fingerprint density at radius 3 is 2.82 bits per heavy atom. The number of carbonyl (C=O) groups excluding carboxylic acids is 1. The largest absolute Gasteiger partial charge is 0.495 e. The number of ether oxygens (including phenoxy) is 3. The topological polar surface area (TPSA) is 120 Å². The van der Waals surface area contributed by atoms with Crippen molar-refractivity contribution in [3.8, 4) is 17.2 Å². The number of allylic oxidation sites excluding steroid dienone is 1. The van der Waals surface area contributed by atoms with E-state index in [4.69, 9.17) is 14.2 Å². The molecule has 5 rings (SSSR count). The second-order valence-electron chi connectivity index (χ2n) is 7.58. The molecular formula is C23H23N5O5. The number of rotatable bonds is 5. The van der Waals surface area contributed by atoms with Gasteiger partial charge in [0.05, 0.1) is 18.4 Å². The van der Waals surface area contributed by atoms with E-state index >= 15 is 0 Å². The summed E-state index contributed by atoms with van der Waals surface area (Å²) in [7, 11) is 1.55. The molecule has 2 aromatic carbocycles. The molecule has 3 heterocycles. The highest BCUT2D eigenvalue weighted by molar-refractivity contribution is 6.06. The van der Waals surface area contributed by atoms with Crippen LogP contribution in [-0.2, 0) is 11.4 Å². The Morgan fingerprint density at radius 2 is 2.03 bits per heavy atom. The van der Waals surface area contributed by atoms with Gasteiger partial charge in [0, 0.05) is 5.70 Å². The number of methoxy groups -OCH3 is 1. The van der Waals surface area contributed by atoms with Gasteiger partial charge in [0.15, 0.2) is 17.3 Å². The highest BCUT2D eigenvalue weighted by Crippen LogP contribution is 2.40. The summed E-state index contributed by atoms with van der Waals surface area (Å²) in [5.74, 6) is 2.16. The summed E-state index contributed by atoms with van der Waals surface area (Å²) in [6, 6.07) is 12.1. The van der Waals surface area contributed by atoms with Gasteiger partial charge in [0.25, 0.3) is 5.91 Å². The summed E-state index contributed by atoms with van der Waals surface area (Å²) in [5.41, 5.74) is 2.37. The Kier molecular flexibility index (Phi) is 5.35. The first kappa shape index (κ1) is 20.8. The zero-order valence-electron chi connectivity index (χ0n) is 18.2. The predicted octanol–water partition coefficient (Wildman–Crippen LogP) is 2.48. The quantitative estimate of drug-likeness (QED) is 0.544. The van der Waals surface area contributed by atoms with Gasteiger partial charge in [-0.3, -0.25) is 4.79 Å². The standard InChI is InChI=1S/C23H23N5O5/c1-13-20(22(30)25-15-5-3-4-6-16(15)31-2)21(28-23(24-13)26-19(12-29)27-28)14-7-8-17-18(11-14)33-10-9-32-17/h3-8,11,21,29H,9-10,12H2,1-2H3,(H,25,30)(H,24,26,27). The van der Waals surface area contributed by atoms with Gasteiger partial charge in [0.1, 0.15) is 31.6 Å². The van der Waals surface area contributed by atoms with Gasteiger partial charge in [-0.25, -0.2) is 4.68 Å². The molecule has 0 spiro atoms. The minimum atomic E-state index is -0.611. The molecule has 0 radical (unpaired) electrons. The lowest BCUT2D eigenvalue weighted by molar-refractivity contribution is -0.113. The smallest absolute Gasteiger partial charge is 0.255 e. The average Bonchev–Trinajstić information content (AvgIpc) is 3.25. The van der Waals surface area contributed by atoms with Crippen molar-refractivity contribution in [2.75, 3.05) is 31.0 Å². The number of anilines is 2. The maximum Gasteiger partial charge on any atom is 0.255 e. The molecule has 1 aromatic heterocycles. The maximum atomic E-state index is 13.6. The molecule has 3 aromatic rings. The molecule has 0 saturated heterocycles. The van der Waals surface area contributed by atoms with Crippen LogP contribution in [0.5, 0.6) is 17.2 Å². The molecule has 1 amide bonds. The van der Waals surface area contributed by atoms with Crippen molar-refractivity contribution in [3.63, 3.8) is 0 Å². The highest BCUT2D eigenvalue weighted by Gasteiger charge is 2.35. The number of aliphatic hydroxyl groups is 1. The predicted molar refractivity (Wildman–Crippen MR) is 119 cm³/mol. The van der Waals surface area contributed by atoms with E-state index in [9.17, 15) is 9.90 Å². The fourth-order valence-corrected chi connectivity index (χ4v) is 4.03. The first-order valence-electron chi connectivity index (χ1n) is 10.5. The summed E-state index contributed by atoms with van der Waals surface area (Å²) >= 11 is 0. The molecule has 2 aliphatic rings. The highest BCUT2D eigenvalue weighted by atomic mass is 16.6. The SMILES string of the molecule is COc1ccccc1NC(=O)C1=C(C)Nc2nc(CO)nn2C1c1ccc2c(c1)OCCO2. The molecule has 1 atom stereocenters. The van der Waals surface area contributed by atoms with Gasteiger partial charge in [-0.15, -0.1) is 0 Å². The van der Waals surface area contributed by atoms with Crippen LogP contribution in [0, 0.1) is 0 Å². The van der Waals surface area contributed by atoms with Crippen LogP contribution in [0.25, 0.3) is 0 Å². The zero-order chi connectivity index (χ0) is 22.9. The lowest BCUT2D eigenvalue weighted by atomic mass is 9.94. The number of fused-ring (bicyclic) bond motifs is 2. The third kappa shape index (κ3) is 3.74. The van der Waals surface area contributed by atoms with Crippen LogP contribution in [0.15, 0.2) is 53.7 Å². The molecule has 3 N–H and O–H groups in total. The fourth-order valence-electron chi connectivity index (χ4n) is 4.03.